The van der Waals surface area contributed by atoms with Crippen molar-refractivity contribution in [3.8, 4) is 0 Å². The normalized spacial score (nSPS) is 11.7. The molecule has 11 heavy (non-hydrogen) atoms. The maximum absolute atomic E-state index is 11.0. The Morgan fingerprint density at radius 2 is 2.18 bits per heavy atom. The molecule has 0 heterocycles. The summed E-state index contributed by atoms with van der Waals surface area (Å²) in [6, 6.07) is 0. The van der Waals surface area contributed by atoms with Crippen molar-refractivity contribution in [1.29, 1.82) is 0 Å². The summed E-state index contributed by atoms with van der Waals surface area (Å²) in [7, 11) is 0. The van der Waals surface area contributed by atoms with Crippen LogP contribution in [0.25, 0.3) is 0 Å². The van der Waals surface area contributed by atoms with Gasteiger partial charge in [-0.1, -0.05) is 18.9 Å². The number of halogens is 1. The lowest BCUT2D eigenvalue weighted by Gasteiger charge is -1.94. The highest BCUT2D eigenvalue weighted by atomic mass is 35.5. The highest BCUT2D eigenvalue weighted by Crippen LogP contribution is 2.01. The Labute approximate surface area is 73.4 Å². The van der Waals surface area contributed by atoms with E-state index in [-0.39, 0.29) is 5.78 Å². The van der Waals surface area contributed by atoms with E-state index in [2.05, 4.69) is 6.92 Å². The van der Waals surface area contributed by atoms with Crippen LogP contribution in [0.5, 0.6) is 0 Å². The van der Waals surface area contributed by atoms with Gasteiger partial charge in [-0.15, -0.1) is 11.6 Å². The fourth-order valence-electron chi connectivity index (χ4n) is 0.737. The van der Waals surface area contributed by atoms with Crippen LogP contribution in [0.15, 0.2) is 11.6 Å². The molecule has 0 saturated heterocycles. The van der Waals surface area contributed by atoms with Gasteiger partial charge in [0, 0.05) is 12.3 Å². The van der Waals surface area contributed by atoms with Gasteiger partial charge in [-0.2, -0.15) is 0 Å². The van der Waals surface area contributed by atoms with Crippen molar-refractivity contribution in [1.82, 2.24) is 0 Å². The molecular formula is C9H15ClO. The van der Waals surface area contributed by atoms with Crippen LogP contribution in [0, 0.1) is 0 Å². The third-order valence-corrected chi connectivity index (χ3v) is 1.82. The molecule has 0 N–H and O–H groups in total. The first-order valence-electron chi connectivity index (χ1n) is 3.96. The van der Waals surface area contributed by atoms with Gasteiger partial charge in [0.05, 0.1) is 0 Å². The topological polar surface area (TPSA) is 17.1 Å². The lowest BCUT2D eigenvalue weighted by atomic mass is 10.1. The number of ketones is 1. The van der Waals surface area contributed by atoms with Crippen LogP contribution >= 0.6 is 11.6 Å². The molecule has 0 aromatic carbocycles. The smallest absolute Gasteiger partial charge is 0.155 e. The average molecular weight is 175 g/mol. The van der Waals surface area contributed by atoms with Gasteiger partial charge in [0.15, 0.2) is 5.78 Å². The van der Waals surface area contributed by atoms with Crippen LogP contribution in [0.1, 0.15) is 33.1 Å². The molecule has 0 aliphatic rings. The molecule has 1 nitrogen and oxygen atoms in total. The van der Waals surface area contributed by atoms with E-state index in [1.165, 1.54) is 0 Å². The number of carbonyl (C=O) groups excluding carboxylic acids is 1. The molecule has 0 saturated carbocycles. The van der Waals surface area contributed by atoms with Crippen LogP contribution in [0.2, 0.25) is 0 Å². The van der Waals surface area contributed by atoms with E-state index in [1.54, 1.807) is 6.08 Å². The first kappa shape index (κ1) is 10.7. The lowest BCUT2D eigenvalue weighted by Crippen LogP contribution is -1.93. The van der Waals surface area contributed by atoms with Gasteiger partial charge in [-0.05, 0) is 19.4 Å². The van der Waals surface area contributed by atoms with Gasteiger partial charge in [0.1, 0.15) is 0 Å². The maximum atomic E-state index is 11.0. The molecule has 2 heteroatoms. The van der Waals surface area contributed by atoms with Gasteiger partial charge >= 0.3 is 0 Å². The van der Waals surface area contributed by atoms with E-state index in [1.807, 2.05) is 6.92 Å². The Balaban J connectivity index is 3.67. The molecule has 0 spiro atoms. The summed E-state index contributed by atoms with van der Waals surface area (Å²) in [6.45, 7) is 3.95. The highest BCUT2D eigenvalue weighted by molar-refractivity contribution is 6.19. The van der Waals surface area contributed by atoms with Crippen molar-refractivity contribution in [3.63, 3.8) is 0 Å². The maximum Gasteiger partial charge on any atom is 0.155 e. The summed E-state index contributed by atoms with van der Waals surface area (Å²) >= 11 is 5.51. The quantitative estimate of drug-likeness (QED) is 0.463. The summed E-state index contributed by atoms with van der Waals surface area (Å²) in [4.78, 5) is 11.0. The van der Waals surface area contributed by atoms with Crippen molar-refractivity contribution in [2.24, 2.45) is 0 Å². The summed E-state index contributed by atoms with van der Waals surface area (Å²) in [5.74, 6) is 0.655. The minimum atomic E-state index is 0.199. The molecule has 0 amide bonds. The number of hydrogen-bond acceptors (Lipinski definition) is 1. The van der Waals surface area contributed by atoms with Crippen molar-refractivity contribution >= 4 is 17.4 Å². The molecule has 64 valence electrons. The molecule has 0 unspecified atom stereocenters. The molecule has 0 aromatic heterocycles. The molecule has 0 bridgehead atoms. The minimum Gasteiger partial charge on any atom is -0.295 e. The lowest BCUT2D eigenvalue weighted by molar-refractivity contribution is -0.114. The predicted octanol–water partition coefficient (Wildman–Crippen LogP) is 2.93. The van der Waals surface area contributed by atoms with Gasteiger partial charge in [0.25, 0.3) is 0 Å². The number of allylic oxidation sites excluding steroid dienone is 2. The second-order valence-corrected chi connectivity index (χ2v) is 2.96. The van der Waals surface area contributed by atoms with Crippen molar-refractivity contribution < 1.29 is 4.79 Å². The highest BCUT2D eigenvalue weighted by Gasteiger charge is 1.96. The zero-order chi connectivity index (χ0) is 8.69. The second kappa shape index (κ2) is 6.41. The van der Waals surface area contributed by atoms with Gasteiger partial charge in [0.2, 0.25) is 0 Å². The third kappa shape index (κ3) is 6.11. The van der Waals surface area contributed by atoms with E-state index in [9.17, 15) is 4.79 Å². The summed E-state index contributed by atoms with van der Waals surface area (Å²) in [5, 5.41) is 0. The van der Waals surface area contributed by atoms with E-state index in [0.29, 0.717) is 12.3 Å². The van der Waals surface area contributed by atoms with Crippen LogP contribution in [0.3, 0.4) is 0 Å². The SMILES string of the molecule is CCCCC(=O)C=C(C)CCl. The second-order valence-electron chi connectivity index (χ2n) is 2.69. The van der Waals surface area contributed by atoms with E-state index < -0.39 is 0 Å². The number of unbranched alkanes of at least 4 members (excludes halogenated alkanes) is 1. The number of alkyl halides is 1. The Morgan fingerprint density at radius 3 is 2.64 bits per heavy atom. The molecule has 0 radical (unpaired) electrons. The van der Waals surface area contributed by atoms with Crippen molar-refractivity contribution in [2.75, 3.05) is 5.88 Å². The Bertz CT molecular complexity index is 150. The Hall–Kier alpha value is -0.300. The number of carbonyl (C=O) groups is 1. The fraction of sp³-hybridized carbons (Fsp3) is 0.667. The van der Waals surface area contributed by atoms with Gasteiger partial charge in [-0.3, -0.25) is 4.79 Å². The summed E-state index contributed by atoms with van der Waals surface area (Å²) in [5.41, 5.74) is 0.952. The average Bonchev–Trinajstić information content (AvgIpc) is 2.00. The molecular weight excluding hydrogens is 160 g/mol. The molecule has 0 aliphatic heterocycles. The van der Waals surface area contributed by atoms with Crippen molar-refractivity contribution in [3.05, 3.63) is 11.6 Å². The van der Waals surface area contributed by atoms with Gasteiger partial charge in [-0.25, -0.2) is 0 Å². The Morgan fingerprint density at radius 1 is 1.55 bits per heavy atom. The van der Waals surface area contributed by atoms with Crippen LogP contribution in [-0.4, -0.2) is 11.7 Å². The Kier molecular flexibility index (Phi) is 6.24. The van der Waals surface area contributed by atoms with Crippen LogP contribution in [-0.2, 0) is 4.79 Å². The third-order valence-electron chi connectivity index (χ3n) is 1.39. The zero-order valence-electron chi connectivity index (χ0n) is 7.19. The molecule has 0 fully saturated rings. The molecule has 0 rings (SSSR count). The molecule has 0 atom stereocenters. The first-order valence-corrected chi connectivity index (χ1v) is 4.50. The minimum absolute atomic E-state index is 0.199. The van der Waals surface area contributed by atoms with E-state index >= 15 is 0 Å². The summed E-state index contributed by atoms with van der Waals surface area (Å²) < 4.78 is 0. The zero-order valence-corrected chi connectivity index (χ0v) is 7.95. The van der Waals surface area contributed by atoms with Crippen LogP contribution in [0.4, 0.5) is 0 Å². The van der Waals surface area contributed by atoms with E-state index in [0.717, 1.165) is 18.4 Å². The number of rotatable bonds is 5. The fourth-order valence-corrected chi connectivity index (χ4v) is 0.814. The standard InChI is InChI=1S/C9H15ClO/c1-3-4-5-9(11)6-8(2)7-10/h6H,3-5,7H2,1-2H3. The monoisotopic (exact) mass is 174 g/mol. The summed E-state index contributed by atoms with van der Waals surface area (Å²) in [6.07, 6.45) is 4.35. The largest absolute Gasteiger partial charge is 0.295 e. The van der Waals surface area contributed by atoms with Crippen LogP contribution < -0.4 is 0 Å². The molecule has 0 aromatic rings. The van der Waals surface area contributed by atoms with E-state index in [4.69, 9.17) is 11.6 Å². The predicted molar refractivity (Wildman–Crippen MR) is 49.0 cm³/mol. The first-order chi connectivity index (χ1) is 5.20. The number of hydrogen-bond donors (Lipinski definition) is 0. The molecule has 0 aliphatic carbocycles. The van der Waals surface area contributed by atoms with Gasteiger partial charge < -0.3 is 0 Å². The van der Waals surface area contributed by atoms with Crippen molar-refractivity contribution in [2.45, 2.75) is 33.1 Å².